The minimum atomic E-state index is -0.389. The number of unbranched alkanes of at least 4 members (excludes halogenated alkanes) is 1. The van der Waals surface area contributed by atoms with Crippen molar-refractivity contribution in [3.8, 4) is 0 Å². The third kappa shape index (κ3) is 2.51. The second kappa shape index (κ2) is 5.58. The summed E-state index contributed by atoms with van der Waals surface area (Å²) in [6, 6.07) is 0. The van der Waals surface area contributed by atoms with Gasteiger partial charge in [-0.25, -0.2) is 9.48 Å². The van der Waals surface area contributed by atoms with Crippen LogP contribution in [0.15, 0.2) is 9.59 Å². The largest absolute Gasteiger partial charge is 0.393 e. The van der Waals surface area contributed by atoms with Crippen molar-refractivity contribution >= 4 is 11.2 Å². The Kier molecular flexibility index (Phi) is 4.03. The van der Waals surface area contributed by atoms with Gasteiger partial charge in [0.25, 0.3) is 5.56 Å². The topological polar surface area (TPSA) is 94.9 Å². The molecule has 0 aliphatic carbocycles. The van der Waals surface area contributed by atoms with Crippen molar-refractivity contribution in [2.75, 3.05) is 0 Å². The van der Waals surface area contributed by atoms with Crippen LogP contribution in [0.2, 0.25) is 0 Å². The predicted octanol–water partition coefficient (Wildman–Crippen LogP) is -0.620. The van der Waals surface area contributed by atoms with Crippen molar-refractivity contribution < 1.29 is 5.11 Å². The van der Waals surface area contributed by atoms with E-state index < -0.39 is 0 Å². The van der Waals surface area contributed by atoms with E-state index >= 15 is 0 Å². The average molecular weight is 281 g/mol. The standard InChI is InChI=1S/C12H19N5O3/c1-8(18)6-4-5-7-17-11(19)9-10(13-14-16(9)3)15(2)12(17)20/h8,18H,4-7H2,1-3H3/t8-/m0/s1. The fourth-order valence-electron chi connectivity index (χ4n) is 2.20. The van der Waals surface area contributed by atoms with Gasteiger partial charge in [0.2, 0.25) is 0 Å². The highest BCUT2D eigenvalue weighted by atomic mass is 16.3. The monoisotopic (exact) mass is 281 g/mol. The summed E-state index contributed by atoms with van der Waals surface area (Å²) in [7, 11) is 3.20. The molecule has 0 aliphatic rings. The van der Waals surface area contributed by atoms with E-state index in [1.807, 2.05) is 0 Å². The van der Waals surface area contributed by atoms with E-state index in [0.29, 0.717) is 30.6 Å². The molecule has 2 aromatic rings. The fourth-order valence-corrected chi connectivity index (χ4v) is 2.20. The van der Waals surface area contributed by atoms with Crippen LogP contribution in [0.25, 0.3) is 11.2 Å². The Balaban J connectivity index is 2.36. The quantitative estimate of drug-likeness (QED) is 0.737. The molecule has 0 saturated carbocycles. The van der Waals surface area contributed by atoms with Crippen molar-refractivity contribution in [2.45, 2.75) is 38.8 Å². The lowest BCUT2D eigenvalue weighted by molar-refractivity contribution is 0.180. The third-order valence-corrected chi connectivity index (χ3v) is 3.35. The van der Waals surface area contributed by atoms with Gasteiger partial charge in [-0.05, 0) is 26.2 Å². The first-order chi connectivity index (χ1) is 9.43. The number of aromatic nitrogens is 5. The smallest absolute Gasteiger partial charge is 0.332 e. The Morgan fingerprint density at radius 2 is 1.95 bits per heavy atom. The Hall–Kier alpha value is -1.96. The highest BCUT2D eigenvalue weighted by Gasteiger charge is 2.15. The lowest BCUT2D eigenvalue weighted by atomic mass is 10.2. The summed E-state index contributed by atoms with van der Waals surface area (Å²) in [5.74, 6) is 0. The van der Waals surface area contributed by atoms with Crippen LogP contribution in [0, 0.1) is 0 Å². The second-order valence-corrected chi connectivity index (χ2v) is 5.03. The molecular formula is C12H19N5O3. The van der Waals surface area contributed by atoms with Crippen molar-refractivity contribution in [3.63, 3.8) is 0 Å². The van der Waals surface area contributed by atoms with Gasteiger partial charge in [0.1, 0.15) is 0 Å². The first-order valence-electron chi connectivity index (χ1n) is 6.60. The third-order valence-electron chi connectivity index (χ3n) is 3.35. The molecule has 0 aliphatic heterocycles. The zero-order valence-electron chi connectivity index (χ0n) is 11.9. The Labute approximate surface area is 115 Å². The number of aryl methyl sites for hydroxylation is 2. The van der Waals surface area contributed by atoms with Crippen LogP contribution in [0.4, 0.5) is 0 Å². The Morgan fingerprint density at radius 1 is 1.25 bits per heavy atom. The maximum absolute atomic E-state index is 12.3. The molecule has 0 spiro atoms. The highest BCUT2D eigenvalue weighted by Crippen LogP contribution is 2.03. The average Bonchev–Trinajstić information content (AvgIpc) is 2.77. The molecule has 0 amide bonds. The van der Waals surface area contributed by atoms with Crippen LogP contribution in [0.1, 0.15) is 26.2 Å². The van der Waals surface area contributed by atoms with E-state index in [1.54, 1.807) is 21.0 Å². The number of fused-ring (bicyclic) bond motifs is 1. The molecule has 2 rings (SSSR count). The molecule has 0 fully saturated rings. The second-order valence-electron chi connectivity index (χ2n) is 5.03. The van der Waals surface area contributed by atoms with Crippen molar-refractivity contribution in [1.82, 2.24) is 24.1 Å². The summed E-state index contributed by atoms with van der Waals surface area (Å²) in [5.41, 5.74) is -0.141. The first-order valence-corrected chi connectivity index (χ1v) is 6.60. The highest BCUT2D eigenvalue weighted by molar-refractivity contribution is 5.68. The van der Waals surface area contributed by atoms with Crippen molar-refractivity contribution in [3.05, 3.63) is 20.8 Å². The van der Waals surface area contributed by atoms with E-state index in [0.717, 1.165) is 6.42 Å². The lowest BCUT2D eigenvalue weighted by Gasteiger charge is -2.08. The van der Waals surface area contributed by atoms with Crippen LogP contribution in [0.5, 0.6) is 0 Å². The van der Waals surface area contributed by atoms with Gasteiger partial charge < -0.3 is 5.11 Å². The minimum Gasteiger partial charge on any atom is -0.393 e. The van der Waals surface area contributed by atoms with Crippen LogP contribution in [-0.2, 0) is 20.6 Å². The van der Waals surface area contributed by atoms with E-state index in [4.69, 9.17) is 0 Å². The van der Waals surface area contributed by atoms with Crippen LogP contribution in [-0.4, -0.2) is 35.3 Å². The fraction of sp³-hybridized carbons (Fsp3) is 0.667. The van der Waals surface area contributed by atoms with E-state index in [-0.39, 0.29) is 17.4 Å². The van der Waals surface area contributed by atoms with Crippen molar-refractivity contribution in [2.24, 2.45) is 14.1 Å². The molecule has 0 radical (unpaired) electrons. The first kappa shape index (κ1) is 14.4. The minimum absolute atomic E-state index is 0.294. The summed E-state index contributed by atoms with van der Waals surface area (Å²) < 4.78 is 3.91. The molecule has 8 nitrogen and oxygen atoms in total. The molecule has 1 atom stereocenters. The van der Waals surface area contributed by atoms with Gasteiger partial charge in [-0.15, -0.1) is 5.10 Å². The molecule has 1 N–H and O–H groups in total. The summed E-state index contributed by atoms with van der Waals surface area (Å²) in [6.07, 6.45) is 1.72. The van der Waals surface area contributed by atoms with Gasteiger partial charge in [-0.2, -0.15) is 0 Å². The lowest BCUT2D eigenvalue weighted by Crippen LogP contribution is -2.39. The Bertz CT molecular complexity index is 725. The SMILES string of the molecule is C[C@H](O)CCCCn1c(=O)c2c(nnn2C)n(C)c1=O. The molecular weight excluding hydrogens is 262 g/mol. The maximum atomic E-state index is 12.3. The van der Waals surface area contributed by atoms with Gasteiger partial charge in [0, 0.05) is 20.6 Å². The van der Waals surface area contributed by atoms with Gasteiger partial charge in [-0.1, -0.05) is 5.21 Å². The molecule has 20 heavy (non-hydrogen) atoms. The van der Waals surface area contributed by atoms with Gasteiger partial charge in [0.15, 0.2) is 11.2 Å². The van der Waals surface area contributed by atoms with Gasteiger partial charge in [-0.3, -0.25) is 13.9 Å². The number of rotatable bonds is 5. The van der Waals surface area contributed by atoms with Gasteiger partial charge >= 0.3 is 5.69 Å². The molecule has 110 valence electrons. The maximum Gasteiger partial charge on any atom is 0.332 e. The molecule has 0 saturated heterocycles. The van der Waals surface area contributed by atoms with E-state index in [9.17, 15) is 14.7 Å². The summed E-state index contributed by atoms with van der Waals surface area (Å²) in [6.45, 7) is 2.05. The normalized spacial score (nSPS) is 13.0. The van der Waals surface area contributed by atoms with Crippen LogP contribution < -0.4 is 11.2 Å². The molecule has 8 heteroatoms. The van der Waals surface area contributed by atoms with Crippen LogP contribution >= 0.6 is 0 Å². The van der Waals surface area contributed by atoms with E-state index in [1.165, 1.54) is 13.8 Å². The molecule has 0 aromatic carbocycles. The zero-order valence-corrected chi connectivity index (χ0v) is 11.9. The number of aliphatic hydroxyl groups excluding tert-OH is 1. The molecule has 2 aromatic heterocycles. The summed E-state index contributed by atoms with van der Waals surface area (Å²) in [4.78, 5) is 24.5. The molecule has 0 bridgehead atoms. The van der Waals surface area contributed by atoms with E-state index in [2.05, 4.69) is 10.3 Å². The zero-order chi connectivity index (χ0) is 14.9. The number of hydrogen-bond donors (Lipinski definition) is 1. The predicted molar refractivity (Wildman–Crippen MR) is 73.5 cm³/mol. The number of hydrogen-bond acceptors (Lipinski definition) is 5. The van der Waals surface area contributed by atoms with Crippen molar-refractivity contribution in [1.29, 1.82) is 0 Å². The number of nitrogens with zero attached hydrogens (tertiary/aromatic N) is 5. The van der Waals surface area contributed by atoms with Crippen LogP contribution in [0.3, 0.4) is 0 Å². The molecule has 2 heterocycles. The Morgan fingerprint density at radius 3 is 2.60 bits per heavy atom. The summed E-state index contributed by atoms with van der Waals surface area (Å²) >= 11 is 0. The summed E-state index contributed by atoms with van der Waals surface area (Å²) in [5, 5.41) is 16.8. The van der Waals surface area contributed by atoms with Gasteiger partial charge in [0.05, 0.1) is 6.10 Å². The number of aliphatic hydroxyl groups is 1. The molecule has 0 unspecified atom stereocenters.